The summed E-state index contributed by atoms with van der Waals surface area (Å²) in [6.07, 6.45) is 0. The van der Waals surface area contributed by atoms with Gasteiger partial charge in [0.1, 0.15) is 11.5 Å². The van der Waals surface area contributed by atoms with E-state index in [0.717, 1.165) is 15.8 Å². The van der Waals surface area contributed by atoms with Crippen molar-refractivity contribution in [3.8, 4) is 5.75 Å². The van der Waals surface area contributed by atoms with E-state index in [2.05, 4.69) is 21.2 Å². The molecule has 5 nitrogen and oxygen atoms in total. The van der Waals surface area contributed by atoms with E-state index in [9.17, 15) is 9.59 Å². The average Bonchev–Trinajstić information content (AvgIpc) is 2.70. The number of hydrogen-bond acceptors (Lipinski definition) is 3. The minimum atomic E-state index is -0.202. The Balaban J connectivity index is 2.14. The van der Waals surface area contributed by atoms with Gasteiger partial charge in [-0.05, 0) is 40.5 Å². The van der Waals surface area contributed by atoms with E-state index >= 15 is 0 Å². The summed E-state index contributed by atoms with van der Waals surface area (Å²) in [5, 5.41) is 2.86. The fraction of sp³-hybridized carbons (Fsp3) is 0.385. The second kappa shape index (κ2) is 5.61. The van der Waals surface area contributed by atoms with Crippen molar-refractivity contribution in [2.75, 3.05) is 20.2 Å². The van der Waals surface area contributed by atoms with Crippen LogP contribution in [0.25, 0.3) is 0 Å². The summed E-state index contributed by atoms with van der Waals surface area (Å²) in [5.74, 6) is 0.723. The fourth-order valence-corrected chi connectivity index (χ4v) is 2.64. The molecule has 0 bridgehead atoms. The molecule has 0 aliphatic carbocycles. The SMILES string of the molecule is COc1ccc(C2CN(CC(C)=O)C(=O)N2)cc1Br. The first-order chi connectivity index (χ1) is 9.01. The van der Waals surface area contributed by atoms with E-state index in [-0.39, 0.29) is 24.4 Å². The lowest BCUT2D eigenvalue weighted by molar-refractivity contribution is -0.117. The molecule has 1 aliphatic rings. The molecule has 1 unspecified atom stereocenters. The Bertz CT molecular complexity index is 519. The van der Waals surface area contributed by atoms with Gasteiger partial charge in [-0.25, -0.2) is 4.79 Å². The molecule has 102 valence electrons. The highest BCUT2D eigenvalue weighted by Gasteiger charge is 2.30. The molecule has 1 atom stereocenters. The summed E-state index contributed by atoms with van der Waals surface area (Å²) in [7, 11) is 1.60. The number of hydrogen-bond donors (Lipinski definition) is 1. The Morgan fingerprint density at radius 2 is 2.32 bits per heavy atom. The fourth-order valence-electron chi connectivity index (χ4n) is 2.08. The first-order valence-electron chi connectivity index (χ1n) is 5.89. The van der Waals surface area contributed by atoms with Crippen molar-refractivity contribution < 1.29 is 14.3 Å². The summed E-state index contributed by atoms with van der Waals surface area (Å²) < 4.78 is 6.01. The van der Waals surface area contributed by atoms with Crippen LogP contribution in [0.5, 0.6) is 5.75 Å². The van der Waals surface area contributed by atoms with Gasteiger partial charge in [-0.1, -0.05) is 6.07 Å². The molecule has 0 radical (unpaired) electrons. The minimum absolute atomic E-state index is 0.0216. The topological polar surface area (TPSA) is 58.6 Å². The molecule has 1 N–H and O–H groups in total. The Kier molecular flexibility index (Phi) is 4.09. The van der Waals surface area contributed by atoms with Gasteiger partial charge in [-0.2, -0.15) is 0 Å². The van der Waals surface area contributed by atoms with Crippen molar-refractivity contribution in [2.24, 2.45) is 0 Å². The van der Waals surface area contributed by atoms with Crippen LogP contribution in [-0.4, -0.2) is 36.9 Å². The van der Waals surface area contributed by atoms with E-state index in [1.54, 1.807) is 7.11 Å². The van der Waals surface area contributed by atoms with Gasteiger partial charge in [0.25, 0.3) is 0 Å². The van der Waals surface area contributed by atoms with Gasteiger partial charge in [0.05, 0.1) is 24.2 Å². The van der Waals surface area contributed by atoms with E-state index < -0.39 is 0 Å². The van der Waals surface area contributed by atoms with Crippen LogP contribution in [0, 0.1) is 0 Å². The van der Waals surface area contributed by atoms with Crippen LogP contribution >= 0.6 is 15.9 Å². The minimum Gasteiger partial charge on any atom is -0.496 e. The number of nitrogens with one attached hydrogen (secondary N) is 1. The maximum Gasteiger partial charge on any atom is 0.318 e. The highest BCUT2D eigenvalue weighted by atomic mass is 79.9. The third kappa shape index (κ3) is 3.07. The summed E-state index contributed by atoms with van der Waals surface area (Å²) >= 11 is 3.42. The van der Waals surface area contributed by atoms with Crippen LogP contribution in [0.3, 0.4) is 0 Å². The smallest absolute Gasteiger partial charge is 0.318 e. The zero-order valence-corrected chi connectivity index (χ0v) is 12.4. The average molecular weight is 327 g/mol. The quantitative estimate of drug-likeness (QED) is 0.921. The lowest BCUT2D eigenvalue weighted by Gasteiger charge is -2.13. The Labute approximate surface area is 120 Å². The van der Waals surface area contributed by atoms with Gasteiger partial charge in [0.15, 0.2) is 0 Å². The molecule has 1 saturated heterocycles. The van der Waals surface area contributed by atoms with Crippen LogP contribution in [0.4, 0.5) is 4.79 Å². The van der Waals surface area contributed by atoms with Crippen molar-refractivity contribution in [1.29, 1.82) is 0 Å². The highest BCUT2D eigenvalue weighted by molar-refractivity contribution is 9.10. The van der Waals surface area contributed by atoms with Crippen LogP contribution in [-0.2, 0) is 4.79 Å². The Morgan fingerprint density at radius 1 is 1.58 bits per heavy atom. The molecule has 0 aromatic heterocycles. The zero-order valence-electron chi connectivity index (χ0n) is 10.8. The molecule has 1 aliphatic heterocycles. The molecular formula is C13H15BrN2O3. The van der Waals surface area contributed by atoms with Crippen LogP contribution in [0.1, 0.15) is 18.5 Å². The van der Waals surface area contributed by atoms with Gasteiger partial charge in [-0.3, -0.25) is 4.79 Å². The monoisotopic (exact) mass is 326 g/mol. The third-order valence-corrected chi connectivity index (χ3v) is 3.60. The van der Waals surface area contributed by atoms with Crippen molar-refractivity contribution >= 4 is 27.7 Å². The summed E-state index contributed by atoms with van der Waals surface area (Å²) in [5.41, 5.74) is 0.979. The Hall–Kier alpha value is -1.56. The number of ether oxygens (including phenoxy) is 1. The molecular weight excluding hydrogens is 312 g/mol. The number of nitrogens with zero attached hydrogens (tertiary/aromatic N) is 1. The summed E-state index contributed by atoms with van der Waals surface area (Å²) in [6, 6.07) is 5.37. The highest BCUT2D eigenvalue weighted by Crippen LogP contribution is 2.29. The number of methoxy groups -OCH3 is 1. The van der Waals surface area contributed by atoms with Gasteiger partial charge in [-0.15, -0.1) is 0 Å². The lowest BCUT2D eigenvalue weighted by Crippen LogP contribution is -2.32. The third-order valence-electron chi connectivity index (χ3n) is 2.98. The second-order valence-electron chi connectivity index (χ2n) is 4.48. The maximum absolute atomic E-state index is 11.7. The predicted octanol–water partition coefficient (Wildman–Crippen LogP) is 2.11. The van der Waals surface area contributed by atoms with Crippen LogP contribution in [0.15, 0.2) is 22.7 Å². The van der Waals surface area contributed by atoms with Crippen molar-refractivity contribution in [1.82, 2.24) is 10.2 Å². The summed E-state index contributed by atoms with van der Waals surface area (Å²) in [4.78, 5) is 24.3. The van der Waals surface area contributed by atoms with Gasteiger partial charge < -0.3 is 15.0 Å². The van der Waals surface area contributed by atoms with Crippen molar-refractivity contribution in [3.05, 3.63) is 28.2 Å². The predicted molar refractivity (Wildman–Crippen MR) is 74.2 cm³/mol. The summed E-state index contributed by atoms with van der Waals surface area (Å²) in [6.45, 7) is 2.13. The zero-order chi connectivity index (χ0) is 14.0. The largest absolute Gasteiger partial charge is 0.496 e. The number of urea groups is 1. The molecule has 19 heavy (non-hydrogen) atoms. The van der Waals surface area contributed by atoms with E-state index in [1.165, 1.54) is 11.8 Å². The molecule has 0 spiro atoms. The van der Waals surface area contributed by atoms with E-state index in [0.29, 0.717) is 6.54 Å². The number of halogens is 1. The van der Waals surface area contributed by atoms with Crippen LogP contribution in [0.2, 0.25) is 0 Å². The number of carbonyl (C=O) groups excluding carboxylic acids is 2. The lowest BCUT2D eigenvalue weighted by atomic mass is 10.1. The van der Waals surface area contributed by atoms with Crippen molar-refractivity contribution in [2.45, 2.75) is 13.0 Å². The van der Waals surface area contributed by atoms with Gasteiger partial charge >= 0.3 is 6.03 Å². The number of amides is 2. The standard InChI is InChI=1S/C13H15BrN2O3/c1-8(17)6-16-7-11(15-13(16)18)9-3-4-12(19-2)10(14)5-9/h3-5,11H,6-7H2,1-2H3,(H,15,18). The molecule has 0 saturated carbocycles. The maximum atomic E-state index is 11.7. The molecule has 1 heterocycles. The number of carbonyl (C=O) groups is 2. The first kappa shape index (κ1) is 13.9. The molecule has 1 aromatic carbocycles. The first-order valence-corrected chi connectivity index (χ1v) is 6.69. The number of benzene rings is 1. The Morgan fingerprint density at radius 3 is 2.89 bits per heavy atom. The van der Waals surface area contributed by atoms with Gasteiger partial charge in [0.2, 0.25) is 0 Å². The second-order valence-corrected chi connectivity index (χ2v) is 5.33. The number of ketones is 1. The normalized spacial score (nSPS) is 18.4. The van der Waals surface area contributed by atoms with E-state index in [4.69, 9.17) is 4.74 Å². The van der Waals surface area contributed by atoms with Crippen LogP contribution < -0.4 is 10.1 Å². The molecule has 6 heteroatoms. The molecule has 1 aromatic rings. The number of rotatable bonds is 4. The number of Topliss-reactive ketones (excluding diaryl/α,β-unsaturated/α-hetero) is 1. The molecule has 2 amide bonds. The van der Waals surface area contributed by atoms with E-state index in [1.807, 2.05) is 18.2 Å². The molecule has 2 rings (SSSR count). The van der Waals surface area contributed by atoms with Crippen molar-refractivity contribution in [3.63, 3.8) is 0 Å². The molecule has 1 fully saturated rings. The van der Waals surface area contributed by atoms with Gasteiger partial charge in [0, 0.05) is 6.54 Å².